The Kier molecular flexibility index (Phi) is 4.53. The number of ether oxygens (including phenoxy) is 3. The van der Waals surface area contributed by atoms with Crippen LogP contribution in [0.25, 0.3) is 22.3 Å². The first kappa shape index (κ1) is 20.5. The second kappa shape index (κ2) is 7.06. The quantitative estimate of drug-likeness (QED) is 0.491. The van der Waals surface area contributed by atoms with Gasteiger partial charge in [0.15, 0.2) is 5.60 Å². The number of benzene rings is 1. The van der Waals surface area contributed by atoms with E-state index in [0.29, 0.717) is 52.5 Å². The SMILES string of the molecule is CCc1c2c(nc3cc(OC)cc(OC)c13)-c1cc3c(c(=O)n1C2)COC(=O)[C@]3(O)CC. The average Bonchev–Trinajstić information content (AvgIpc) is 3.18. The molecule has 0 amide bonds. The number of carbonyl (C=O) groups excluding carboxylic acids is 1. The van der Waals surface area contributed by atoms with Gasteiger partial charge in [0, 0.05) is 28.6 Å². The molecule has 0 saturated carbocycles. The Morgan fingerprint density at radius 2 is 1.94 bits per heavy atom. The molecule has 1 atom stereocenters. The molecule has 8 nitrogen and oxygen atoms in total. The summed E-state index contributed by atoms with van der Waals surface area (Å²) in [5.74, 6) is 0.548. The summed E-state index contributed by atoms with van der Waals surface area (Å²) in [6, 6.07) is 5.39. The van der Waals surface area contributed by atoms with Crippen LogP contribution in [0.5, 0.6) is 11.5 Å². The molecular formula is C24H24N2O6. The third kappa shape index (κ3) is 2.56. The molecule has 0 unspecified atom stereocenters. The summed E-state index contributed by atoms with van der Waals surface area (Å²) in [6.07, 6.45) is 0.821. The van der Waals surface area contributed by atoms with E-state index in [1.165, 1.54) is 0 Å². The highest BCUT2D eigenvalue weighted by Gasteiger charge is 2.45. The molecule has 0 aliphatic carbocycles. The summed E-state index contributed by atoms with van der Waals surface area (Å²) in [4.78, 5) is 30.6. The number of cyclic esters (lactones) is 1. The van der Waals surface area contributed by atoms with E-state index in [1.54, 1.807) is 31.8 Å². The van der Waals surface area contributed by atoms with E-state index in [2.05, 4.69) is 6.92 Å². The highest BCUT2D eigenvalue weighted by Crippen LogP contribution is 2.42. The Morgan fingerprint density at radius 3 is 2.59 bits per heavy atom. The second-order valence-electron chi connectivity index (χ2n) is 8.10. The van der Waals surface area contributed by atoms with Crippen molar-refractivity contribution < 1.29 is 24.1 Å². The topological polar surface area (TPSA) is 99.9 Å². The number of rotatable bonds is 4. The molecule has 4 heterocycles. The third-order valence-electron chi connectivity index (χ3n) is 6.65. The molecule has 0 bridgehead atoms. The van der Waals surface area contributed by atoms with Gasteiger partial charge in [-0.05, 0) is 24.5 Å². The first-order valence-electron chi connectivity index (χ1n) is 10.6. The molecule has 32 heavy (non-hydrogen) atoms. The van der Waals surface area contributed by atoms with Crippen molar-refractivity contribution in [3.63, 3.8) is 0 Å². The minimum absolute atomic E-state index is 0.105. The molecule has 0 saturated heterocycles. The van der Waals surface area contributed by atoms with Gasteiger partial charge in [-0.15, -0.1) is 0 Å². The Morgan fingerprint density at radius 1 is 1.16 bits per heavy atom. The van der Waals surface area contributed by atoms with Crippen LogP contribution in [-0.2, 0) is 34.7 Å². The van der Waals surface area contributed by atoms with Gasteiger partial charge in [-0.2, -0.15) is 0 Å². The van der Waals surface area contributed by atoms with E-state index in [1.807, 2.05) is 12.1 Å². The fraction of sp³-hybridized carbons (Fsp3) is 0.375. The molecule has 0 spiro atoms. The lowest BCUT2D eigenvalue weighted by atomic mass is 9.86. The molecule has 2 aromatic heterocycles. The predicted octanol–water partition coefficient (Wildman–Crippen LogP) is 2.66. The van der Waals surface area contributed by atoms with E-state index in [0.717, 1.165) is 16.5 Å². The number of methoxy groups -OCH3 is 2. The zero-order valence-corrected chi connectivity index (χ0v) is 18.4. The molecule has 0 fully saturated rings. The van der Waals surface area contributed by atoms with Gasteiger partial charge in [0.2, 0.25) is 0 Å². The van der Waals surface area contributed by atoms with Crippen LogP contribution in [0, 0.1) is 0 Å². The minimum Gasteiger partial charge on any atom is -0.497 e. The maximum absolute atomic E-state index is 13.4. The summed E-state index contributed by atoms with van der Waals surface area (Å²) >= 11 is 0. The van der Waals surface area contributed by atoms with E-state index in [-0.39, 0.29) is 18.6 Å². The zero-order valence-electron chi connectivity index (χ0n) is 18.4. The number of pyridine rings is 2. The van der Waals surface area contributed by atoms with Gasteiger partial charge in [0.1, 0.15) is 18.1 Å². The van der Waals surface area contributed by atoms with E-state index in [9.17, 15) is 14.7 Å². The van der Waals surface area contributed by atoms with Crippen molar-refractivity contribution in [2.45, 2.75) is 45.4 Å². The van der Waals surface area contributed by atoms with Crippen LogP contribution in [0.1, 0.15) is 42.5 Å². The summed E-state index contributed by atoms with van der Waals surface area (Å²) in [5.41, 5.74) is 2.44. The molecule has 2 aliphatic rings. The molecule has 3 aromatic rings. The highest BCUT2D eigenvalue weighted by molar-refractivity contribution is 5.94. The number of hydrogen-bond acceptors (Lipinski definition) is 7. The van der Waals surface area contributed by atoms with Crippen LogP contribution in [0.4, 0.5) is 0 Å². The Bertz CT molecular complexity index is 1360. The molecule has 166 valence electrons. The largest absolute Gasteiger partial charge is 0.497 e. The number of aromatic nitrogens is 2. The third-order valence-corrected chi connectivity index (χ3v) is 6.65. The minimum atomic E-state index is -1.85. The number of aryl methyl sites for hydroxylation is 1. The lowest BCUT2D eigenvalue weighted by Crippen LogP contribution is -2.44. The van der Waals surface area contributed by atoms with Gasteiger partial charge in [-0.25, -0.2) is 9.78 Å². The predicted molar refractivity (Wildman–Crippen MR) is 117 cm³/mol. The van der Waals surface area contributed by atoms with E-state index >= 15 is 0 Å². The molecule has 5 rings (SSSR count). The smallest absolute Gasteiger partial charge is 0.343 e. The van der Waals surface area contributed by atoms with Crippen LogP contribution in [0.15, 0.2) is 23.0 Å². The maximum Gasteiger partial charge on any atom is 0.343 e. The van der Waals surface area contributed by atoms with Gasteiger partial charge in [-0.1, -0.05) is 13.8 Å². The number of fused-ring (bicyclic) bond motifs is 5. The molecule has 8 heteroatoms. The first-order valence-corrected chi connectivity index (χ1v) is 10.6. The first-order chi connectivity index (χ1) is 15.4. The Hall–Kier alpha value is -3.39. The van der Waals surface area contributed by atoms with Gasteiger partial charge in [0.05, 0.1) is 43.2 Å². The fourth-order valence-electron chi connectivity index (χ4n) is 4.91. The highest BCUT2D eigenvalue weighted by atomic mass is 16.6. The summed E-state index contributed by atoms with van der Waals surface area (Å²) < 4.78 is 17.8. The summed E-state index contributed by atoms with van der Waals surface area (Å²) in [5, 5.41) is 11.9. The van der Waals surface area contributed by atoms with Gasteiger partial charge < -0.3 is 23.9 Å². The average molecular weight is 436 g/mol. The van der Waals surface area contributed by atoms with Crippen LogP contribution in [-0.4, -0.2) is 34.8 Å². The number of aliphatic hydroxyl groups is 1. The zero-order chi connectivity index (χ0) is 22.8. The van der Waals surface area contributed by atoms with Gasteiger partial charge >= 0.3 is 5.97 Å². The monoisotopic (exact) mass is 436 g/mol. The van der Waals surface area contributed by atoms with Crippen molar-refractivity contribution in [1.82, 2.24) is 9.55 Å². The van der Waals surface area contributed by atoms with E-state index in [4.69, 9.17) is 19.2 Å². The molecule has 0 radical (unpaired) electrons. The molecule has 1 N–H and O–H groups in total. The normalized spacial score (nSPS) is 18.7. The standard InChI is InChI=1S/C24H24N2O6/c1-5-13-14-10-26-18(9-16-15(22(26)27)11-32-23(28)24(16,29)6-2)21(14)25-17-7-12(30-3)8-19(31-4)20(13)17/h7-9,29H,5-6,10-11H2,1-4H3/t24-/m0/s1. The fourth-order valence-corrected chi connectivity index (χ4v) is 4.91. The lowest BCUT2D eigenvalue weighted by Gasteiger charge is -2.31. The number of carbonyl (C=O) groups is 1. The van der Waals surface area contributed by atoms with Crippen LogP contribution in [0.3, 0.4) is 0 Å². The van der Waals surface area contributed by atoms with Crippen molar-refractivity contribution >= 4 is 16.9 Å². The van der Waals surface area contributed by atoms with Gasteiger partial charge in [0.25, 0.3) is 5.56 Å². The van der Waals surface area contributed by atoms with Crippen LogP contribution < -0.4 is 15.0 Å². The molecule has 2 aliphatic heterocycles. The van der Waals surface area contributed by atoms with Crippen molar-refractivity contribution in [3.8, 4) is 22.9 Å². The number of nitrogens with zero attached hydrogens (tertiary/aromatic N) is 2. The Balaban J connectivity index is 1.85. The summed E-state index contributed by atoms with van der Waals surface area (Å²) in [7, 11) is 3.19. The van der Waals surface area contributed by atoms with Crippen LogP contribution >= 0.6 is 0 Å². The number of esters is 1. The molecular weight excluding hydrogens is 412 g/mol. The van der Waals surface area contributed by atoms with Crippen molar-refractivity contribution in [2.24, 2.45) is 0 Å². The van der Waals surface area contributed by atoms with Crippen LogP contribution in [0.2, 0.25) is 0 Å². The lowest BCUT2D eigenvalue weighted by molar-refractivity contribution is -0.172. The Labute approximate surface area is 184 Å². The van der Waals surface area contributed by atoms with Crippen molar-refractivity contribution in [3.05, 3.63) is 50.8 Å². The van der Waals surface area contributed by atoms with Crippen molar-refractivity contribution in [2.75, 3.05) is 14.2 Å². The maximum atomic E-state index is 13.4. The second-order valence-corrected chi connectivity index (χ2v) is 8.10. The van der Waals surface area contributed by atoms with E-state index < -0.39 is 11.6 Å². The number of hydrogen-bond donors (Lipinski definition) is 1. The van der Waals surface area contributed by atoms with Crippen molar-refractivity contribution in [1.29, 1.82) is 0 Å². The van der Waals surface area contributed by atoms with Gasteiger partial charge in [-0.3, -0.25) is 4.79 Å². The molecule has 1 aromatic carbocycles. The summed E-state index contributed by atoms with van der Waals surface area (Å²) in [6.45, 7) is 3.95.